The first kappa shape index (κ1) is 15.6. The quantitative estimate of drug-likeness (QED) is 0.663. The topological polar surface area (TPSA) is 51.4 Å². The van der Waals surface area contributed by atoms with Gasteiger partial charge in [0.05, 0.1) is 11.4 Å². The molecule has 0 amide bonds. The molecule has 2 heterocycles. The Morgan fingerprint density at radius 3 is 2.87 bits per heavy atom. The van der Waals surface area contributed by atoms with Crippen molar-refractivity contribution in [3.63, 3.8) is 0 Å². The van der Waals surface area contributed by atoms with Gasteiger partial charge in [0.2, 0.25) is 5.89 Å². The van der Waals surface area contributed by atoms with Gasteiger partial charge in [0, 0.05) is 6.54 Å². The van der Waals surface area contributed by atoms with Crippen molar-refractivity contribution < 1.29 is 13.5 Å². The molecule has 0 N–H and O–H groups in total. The van der Waals surface area contributed by atoms with Crippen molar-refractivity contribution in [1.82, 2.24) is 15.1 Å². The molecule has 0 atom stereocenters. The van der Waals surface area contributed by atoms with Crippen LogP contribution in [0.3, 0.4) is 0 Å². The number of para-hydroxylation sites is 1. The molecule has 0 saturated carbocycles. The lowest BCUT2D eigenvalue weighted by Gasteiger charge is -2.14. The van der Waals surface area contributed by atoms with E-state index in [2.05, 4.69) is 10.2 Å². The Balaban J connectivity index is 1.48. The van der Waals surface area contributed by atoms with Crippen molar-refractivity contribution in [3.05, 3.63) is 53.5 Å². The van der Waals surface area contributed by atoms with E-state index >= 15 is 0 Å². The van der Waals surface area contributed by atoms with Crippen LogP contribution in [0.5, 0.6) is 5.75 Å². The molecule has 0 bridgehead atoms. The third kappa shape index (κ3) is 4.14. The molecule has 0 aliphatic carbocycles. The van der Waals surface area contributed by atoms with E-state index in [1.165, 1.54) is 6.07 Å². The van der Waals surface area contributed by atoms with E-state index in [1.807, 2.05) is 29.5 Å². The summed E-state index contributed by atoms with van der Waals surface area (Å²) in [4.78, 5) is 2.93. The molecule has 0 aliphatic heterocycles. The van der Waals surface area contributed by atoms with Gasteiger partial charge in [-0.3, -0.25) is 4.90 Å². The van der Waals surface area contributed by atoms with E-state index in [9.17, 15) is 4.39 Å². The highest BCUT2D eigenvalue weighted by atomic mass is 32.1. The molecular weight excluding hydrogens is 317 g/mol. The summed E-state index contributed by atoms with van der Waals surface area (Å²) in [6.45, 7) is 1.51. The number of nitrogens with zero attached hydrogens (tertiary/aromatic N) is 3. The Morgan fingerprint density at radius 2 is 2.09 bits per heavy atom. The molecule has 0 saturated heterocycles. The van der Waals surface area contributed by atoms with Gasteiger partial charge < -0.3 is 9.15 Å². The fourth-order valence-electron chi connectivity index (χ4n) is 2.00. The van der Waals surface area contributed by atoms with E-state index in [4.69, 9.17) is 9.15 Å². The van der Waals surface area contributed by atoms with Crippen LogP contribution in [0.4, 0.5) is 4.39 Å². The summed E-state index contributed by atoms with van der Waals surface area (Å²) in [7, 11) is 1.92. The summed E-state index contributed by atoms with van der Waals surface area (Å²) in [6, 6.07) is 10.2. The Hall–Kier alpha value is -2.25. The monoisotopic (exact) mass is 333 g/mol. The third-order valence-electron chi connectivity index (χ3n) is 3.17. The van der Waals surface area contributed by atoms with Crippen molar-refractivity contribution in [2.45, 2.75) is 6.54 Å². The Labute approximate surface area is 137 Å². The lowest BCUT2D eigenvalue weighted by Crippen LogP contribution is -2.24. The summed E-state index contributed by atoms with van der Waals surface area (Å²) in [5.74, 6) is 0.985. The summed E-state index contributed by atoms with van der Waals surface area (Å²) in [5, 5.41) is 10.0. The third-order valence-corrected chi connectivity index (χ3v) is 4.03. The maximum absolute atomic E-state index is 13.4. The zero-order chi connectivity index (χ0) is 16.1. The van der Waals surface area contributed by atoms with Crippen LogP contribution in [0.25, 0.3) is 10.8 Å². The number of halogens is 1. The number of benzene rings is 1. The fourth-order valence-corrected chi connectivity index (χ4v) is 2.64. The number of thiophene rings is 1. The van der Waals surface area contributed by atoms with Crippen LogP contribution >= 0.6 is 11.3 Å². The molecule has 3 aromatic rings. The van der Waals surface area contributed by atoms with Gasteiger partial charge >= 0.3 is 0 Å². The number of rotatable bonds is 7. The minimum absolute atomic E-state index is 0.263. The molecular formula is C16H16FN3O2S. The van der Waals surface area contributed by atoms with E-state index in [0.29, 0.717) is 31.5 Å². The Kier molecular flexibility index (Phi) is 4.99. The van der Waals surface area contributed by atoms with Crippen LogP contribution in [0.15, 0.2) is 46.2 Å². The van der Waals surface area contributed by atoms with Gasteiger partial charge in [-0.15, -0.1) is 21.5 Å². The van der Waals surface area contributed by atoms with Gasteiger partial charge in [-0.25, -0.2) is 4.39 Å². The molecule has 7 heteroatoms. The highest BCUT2D eigenvalue weighted by molar-refractivity contribution is 7.13. The summed E-state index contributed by atoms with van der Waals surface area (Å²) in [6.07, 6.45) is 0. The van der Waals surface area contributed by atoms with Crippen molar-refractivity contribution in [2.24, 2.45) is 0 Å². The lowest BCUT2D eigenvalue weighted by molar-refractivity contribution is 0.215. The van der Waals surface area contributed by atoms with E-state index < -0.39 is 0 Å². The number of likely N-dealkylation sites (N-methyl/N-ethyl adjacent to an activating group) is 1. The molecule has 0 unspecified atom stereocenters. The molecule has 3 rings (SSSR count). The molecule has 0 aliphatic rings. The minimum atomic E-state index is -0.354. The number of hydrogen-bond acceptors (Lipinski definition) is 6. The van der Waals surface area contributed by atoms with Crippen LogP contribution < -0.4 is 4.74 Å². The predicted octanol–water partition coefficient (Wildman–Crippen LogP) is 3.45. The van der Waals surface area contributed by atoms with Crippen molar-refractivity contribution >= 4 is 11.3 Å². The van der Waals surface area contributed by atoms with E-state index in [-0.39, 0.29) is 11.6 Å². The number of aromatic nitrogens is 2. The second-order valence-corrected chi connectivity index (χ2v) is 5.94. The predicted molar refractivity (Wildman–Crippen MR) is 85.8 cm³/mol. The maximum Gasteiger partial charge on any atom is 0.257 e. The lowest BCUT2D eigenvalue weighted by atomic mass is 10.3. The van der Waals surface area contributed by atoms with Crippen LogP contribution in [0.2, 0.25) is 0 Å². The largest absolute Gasteiger partial charge is 0.489 e. The highest BCUT2D eigenvalue weighted by Gasteiger charge is 2.11. The first-order valence-electron chi connectivity index (χ1n) is 7.14. The van der Waals surface area contributed by atoms with Crippen molar-refractivity contribution in [2.75, 3.05) is 20.2 Å². The first-order valence-corrected chi connectivity index (χ1v) is 8.02. The fraction of sp³-hybridized carbons (Fsp3) is 0.250. The number of ether oxygens (including phenoxy) is 1. The Morgan fingerprint density at radius 1 is 1.22 bits per heavy atom. The van der Waals surface area contributed by atoms with Gasteiger partial charge in [0.25, 0.3) is 5.89 Å². The molecule has 2 aromatic heterocycles. The van der Waals surface area contributed by atoms with Gasteiger partial charge in [-0.2, -0.15) is 0 Å². The molecule has 0 spiro atoms. The van der Waals surface area contributed by atoms with Crippen LogP contribution in [-0.4, -0.2) is 35.3 Å². The molecule has 0 fully saturated rings. The molecule has 23 heavy (non-hydrogen) atoms. The van der Waals surface area contributed by atoms with Crippen molar-refractivity contribution in [1.29, 1.82) is 0 Å². The molecule has 120 valence electrons. The second kappa shape index (κ2) is 7.34. The van der Waals surface area contributed by atoms with Crippen LogP contribution in [0, 0.1) is 5.82 Å². The zero-order valence-electron chi connectivity index (χ0n) is 12.6. The normalized spacial score (nSPS) is 11.1. The summed E-state index contributed by atoms with van der Waals surface area (Å²) >= 11 is 1.56. The van der Waals surface area contributed by atoms with Gasteiger partial charge in [-0.1, -0.05) is 18.2 Å². The minimum Gasteiger partial charge on any atom is -0.489 e. The number of hydrogen-bond donors (Lipinski definition) is 0. The second-order valence-electron chi connectivity index (χ2n) is 4.99. The SMILES string of the molecule is CN(CCOc1ccccc1F)Cc1nnc(-c2cccs2)o1. The zero-order valence-corrected chi connectivity index (χ0v) is 13.4. The first-order chi connectivity index (χ1) is 11.2. The van der Waals surface area contributed by atoms with Crippen molar-refractivity contribution in [3.8, 4) is 16.5 Å². The highest BCUT2D eigenvalue weighted by Crippen LogP contribution is 2.23. The molecule has 5 nitrogen and oxygen atoms in total. The van der Waals surface area contributed by atoms with Crippen LogP contribution in [0.1, 0.15) is 5.89 Å². The van der Waals surface area contributed by atoms with E-state index in [1.54, 1.807) is 29.5 Å². The summed E-state index contributed by atoms with van der Waals surface area (Å²) < 4.78 is 24.5. The van der Waals surface area contributed by atoms with E-state index in [0.717, 1.165) is 4.88 Å². The van der Waals surface area contributed by atoms with Gasteiger partial charge in [0.15, 0.2) is 11.6 Å². The average molecular weight is 333 g/mol. The molecule has 1 aromatic carbocycles. The summed E-state index contributed by atoms with van der Waals surface area (Å²) in [5.41, 5.74) is 0. The standard InChI is InChI=1S/C16H16FN3O2S/c1-20(8-9-21-13-6-3-2-5-12(13)17)11-15-18-19-16(22-15)14-7-4-10-23-14/h2-7,10H,8-9,11H2,1H3. The van der Waals surface area contributed by atoms with Gasteiger partial charge in [0.1, 0.15) is 6.61 Å². The maximum atomic E-state index is 13.4. The molecule has 0 radical (unpaired) electrons. The average Bonchev–Trinajstić information content (AvgIpc) is 3.20. The smallest absolute Gasteiger partial charge is 0.257 e. The Bertz CT molecular complexity index is 745. The van der Waals surface area contributed by atoms with Gasteiger partial charge in [-0.05, 0) is 30.6 Å². The van der Waals surface area contributed by atoms with Crippen LogP contribution in [-0.2, 0) is 6.54 Å².